The molecule has 96 valence electrons. The van der Waals surface area contributed by atoms with Crippen LogP contribution in [0, 0.1) is 10.1 Å². The summed E-state index contributed by atoms with van der Waals surface area (Å²) in [5.74, 6) is -1.89. The van der Waals surface area contributed by atoms with E-state index in [1.807, 2.05) is 0 Å². The minimum Gasteiger partial charge on any atom is -0.494 e. The summed E-state index contributed by atoms with van der Waals surface area (Å²) in [5, 5.41) is 21.9. The molecule has 8 heteroatoms. The van der Waals surface area contributed by atoms with E-state index >= 15 is 0 Å². The van der Waals surface area contributed by atoms with Crippen molar-refractivity contribution >= 4 is 23.3 Å². The van der Waals surface area contributed by atoms with Crippen LogP contribution in [0.4, 0.5) is 11.4 Å². The van der Waals surface area contributed by atoms with Crippen LogP contribution in [0.1, 0.15) is 17.3 Å². The first kappa shape index (κ1) is 13.4. The van der Waals surface area contributed by atoms with Gasteiger partial charge in [-0.1, -0.05) is 0 Å². The summed E-state index contributed by atoms with van der Waals surface area (Å²) < 4.78 is 4.86. The van der Waals surface area contributed by atoms with Crippen LogP contribution in [0.25, 0.3) is 0 Å². The van der Waals surface area contributed by atoms with E-state index in [9.17, 15) is 19.7 Å². The van der Waals surface area contributed by atoms with E-state index in [2.05, 4.69) is 5.32 Å². The van der Waals surface area contributed by atoms with Crippen LogP contribution in [0.2, 0.25) is 0 Å². The number of hydrogen-bond donors (Lipinski definition) is 2. The number of ether oxygens (including phenoxy) is 1. The first-order valence-corrected chi connectivity index (χ1v) is 4.74. The third-order valence-corrected chi connectivity index (χ3v) is 2.06. The number of carbonyl (C=O) groups excluding carboxylic acids is 1. The second-order valence-electron chi connectivity index (χ2n) is 3.31. The summed E-state index contributed by atoms with van der Waals surface area (Å²) in [5.41, 5.74) is -1.06. The van der Waals surface area contributed by atoms with Gasteiger partial charge in [0.1, 0.15) is 11.3 Å². The molecule has 1 aromatic carbocycles. The molecule has 1 aromatic rings. The summed E-state index contributed by atoms with van der Waals surface area (Å²) in [6, 6.07) is 1.94. The van der Waals surface area contributed by atoms with Crippen molar-refractivity contribution in [1.29, 1.82) is 0 Å². The number of benzene rings is 1. The maximum Gasteiger partial charge on any atom is 0.342 e. The number of nitro groups is 1. The van der Waals surface area contributed by atoms with Gasteiger partial charge in [0.25, 0.3) is 5.69 Å². The number of carbonyl (C=O) groups is 2. The number of methoxy groups -OCH3 is 1. The highest BCUT2D eigenvalue weighted by Crippen LogP contribution is 2.32. The zero-order valence-electron chi connectivity index (χ0n) is 9.59. The number of hydrogen-bond acceptors (Lipinski definition) is 5. The monoisotopic (exact) mass is 254 g/mol. The Bertz CT molecular complexity index is 525. The van der Waals surface area contributed by atoms with E-state index in [0.717, 1.165) is 12.1 Å². The number of carboxylic acid groups (broad SMARTS) is 1. The molecule has 8 nitrogen and oxygen atoms in total. The smallest absolute Gasteiger partial charge is 0.342 e. The SMILES string of the molecule is COc1cc([N+](=O)[O-])c(C(=O)O)cc1NC(C)=O. The van der Waals surface area contributed by atoms with Crippen LogP contribution < -0.4 is 10.1 Å². The minimum absolute atomic E-state index is 0.0156. The Balaban J connectivity index is 3.45. The van der Waals surface area contributed by atoms with E-state index in [4.69, 9.17) is 9.84 Å². The molecule has 0 aromatic heterocycles. The van der Waals surface area contributed by atoms with Crippen molar-refractivity contribution in [3.63, 3.8) is 0 Å². The van der Waals surface area contributed by atoms with E-state index in [1.54, 1.807) is 0 Å². The molecule has 0 aliphatic carbocycles. The van der Waals surface area contributed by atoms with Crippen molar-refractivity contribution in [2.75, 3.05) is 12.4 Å². The van der Waals surface area contributed by atoms with E-state index in [-0.39, 0.29) is 11.4 Å². The summed E-state index contributed by atoms with van der Waals surface area (Å²) in [6.45, 7) is 1.22. The van der Waals surface area contributed by atoms with Crippen molar-refractivity contribution in [3.8, 4) is 5.75 Å². The average molecular weight is 254 g/mol. The van der Waals surface area contributed by atoms with Crippen molar-refractivity contribution in [2.45, 2.75) is 6.92 Å². The van der Waals surface area contributed by atoms with Crippen molar-refractivity contribution in [3.05, 3.63) is 27.8 Å². The van der Waals surface area contributed by atoms with Crippen molar-refractivity contribution in [2.24, 2.45) is 0 Å². The maximum absolute atomic E-state index is 10.9. The molecule has 0 aliphatic rings. The first-order valence-electron chi connectivity index (χ1n) is 4.74. The van der Waals surface area contributed by atoms with Gasteiger partial charge in [-0.15, -0.1) is 0 Å². The minimum atomic E-state index is -1.46. The van der Waals surface area contributed by atoms with Crippen molar-refractivity contribution < 1.29 is 24.4 Å². The lowest BCUT2D eigenvalue weighted by atomic mass is 10.1. The lowest BCUT2D eigenvalue weighted by molar-refractivity contribution is -0.385. The van der Waals surface area contributed by atoms with Gasteiger partial charge in [-0.25, -0.2) is 4.79 Å². The Labute approximate surface area is 101 Å². The predicted octanol–water partition coefficient (Wildman–Crippen LogP) is 1.26. The topological polar surface area (TPSA) is 119 Å². The van der Waals surface area contributed by atoms with Crippen LogP contribution in [-0.4, -0.2) is 29.0 Å². The van der Waals surface area contributed by atoms with Crippen LogP contribution in [-0.2, 0) is 4.79 Å². The van der Waals surface area contributed by atoms with Gasteiger partial charge in [-0.05, 0) is 6.07 Å². The molecule has 0 bridgehead atoms. The Hall–Kier alpha value is -2.64. The molecule has 18 heavy (non-hydrogen) atoms. The van der Waals surface area contributed by atoms with E-state index in [0.29, 0.717) is 0 Å². The molecule has 0 aliphatic heterocycles. The highest BCUT2D eigenvalue weighted by molar-refractivity contribution is 5.97. The maximum atomic E-state index is 10.9. The molecule has 0 radical (unpaired) electrons. The highest BCUT2D eigenvalue weighted by atomic mass is 16.6. The second-order valence-corrected chi connectivity index (χ2v) is 3.31. The Morgan fingerprint density at radius 1 is 1.44 bits per heavy atom. The Morgan fingerprint density at radius 3 is 2.44 bits per heavy atom. The Kier molecular flexibility index (Phi) is 3.82. The fraction of sp³-hybridized carbons (Fsp3) is 0.200. The molecule has 0 unspecified atom stereocenters. The number of rotatable bonds is 4. The van der Waals surface area contributed by atoms with E-state index in [1.165, 1.54) is 14.0 Å². The summed E-state index contributed by atoms with van der Waals surface area (Å²) in [7, 11) is 1.25. The standard InChI is InChI=1S/C10H10N2O6/c1-5(13)11-7-3-6(10(14)15)8(12(16)17)4-9(7)18-2/h3-4H,1-2H3,(H,11,13)(H,14,15). The summed E-state index contributed by atoms with van der Waals surface area (Å²) in [6.07, 6.45) is 0. The van der Waals surface area contributed by atoms with Crippen LogP contribution >= 0.6 is 0 Å². The molecule has 1 amide bonds. The zero-order chi connectivity index (χ0) is 13.9. The Morgan fingerprint density at radius 2 is 2.06 bits per heavy atom. The van der Waals surface area contributed by atoms with Gasteiger partial charge in [0.2, 0.25) is 5.91 Å². The van der Waals surface area contributed by atoms with Gasteiger partial charge in [0.15, 0.2) is 0 Å². The fourth-order valence-corrected chi connectivity index (χ4v) is 1.35. The molecule has 0 fully saturated rings. The number of amides is 1. The third kappa shape index (κ3) is 2.73. The molecule has 0 spiro atoms. The summed E-state index contributed by atoms with van der Waals surface area (Å²) in [4.78, 5) is 31.7. The van der Waals surface area contributed by atoms with Gasteiger partial charge in [-0.3, -0.25) is 14.9 Å². The quantitative estimate of drug-likeness (QED) is 0.616. The molecule has 1 rings (SSSR count). The number of nitro benzene ring substituents is 1. The molecular weight excluding hydrogens is 244 g/mol. The molecule has 2 N–H and O–H groups in total. The second kappa shape index (κ2) is 5.13. The molecule has 0 atom stereocenters. The third-order valence-electron chi connectivity index (χ3n) is 2.06. The van der Waals surface area contributed by atoms with Crippen LogP contribution in [0.3, 0.4) is 0 Å². The number of anilines is 1. The first-order chi connectivity index (χ1) is 8.36. The molecule has 0 saturated carbocycles. The molecular formula is C10H10N2O6. The number of aromatic carboxylic acids is 1. The van der Waals surface area contributed by atoms with E-state index < -0.39 is 28.1 Å². The van der Waals surface area contributed by atoms with Gasteiger partial charge in [-0.2, -0.15) is 0 Å². The number of carboxylic acids is 1. The van der Waals surface area contributed by atoms with Crippen LogP contribution in [0.5, 0.6) is 5.75 Å². The normalized spacial score (nSPS) is 9.67. The van der Waals surface area contributed by atoms with Gasteiger partial charge >= 0.3 is 5.97 Å². The summed E-state index contributed by atoms with van der Waals surface area (Å²) >= 11 is 0. The predicted molar refractivity (Wildman–Crippen MR) is 60.9 cm³/mol. The highest BCUT2D eigenvalue weighted by Gasteiger charge is 2.23. The fourth-order valence-electron chi connectivity index (χ4n) is 1.35. The lowest BCUT2D eigenvalue weighted by Crippen LogP contribution is -2.10. The van der Waals surface area contributed by atoms with Crippen LogP contribution in [0.15, 0.2) is 12.1 Å². The average Bonchev–Trinajstić information content (AvgIpc) is 2.27. The van der Waals surface area contributed by atoms with Crippen molar-refractivity contribution in [1.82, 2.24) is 0 Å². The van der Waals surface area contributed by atoms with Gasteiger partial charge in [0.05, 0.1) is 23.8 Å². The van der Waals surface area contributed by atoms with Gasteiger partial charge in [0, 0.05) is 6.92 Å². The molecule has 0 saturated heterocycles. The number of nitrogens with zero attached hydrogens (tertiary/aromatic N) is 1. The van der Waals surface area contributed by atoms with Gasteiger partial charge < -0.3 is 15.2 Å². The molecule has 0 heterocycles. The number of nitrogens with one attached hydrogen (secondary N) is 1. The zero-order valence-corrected chi connectivity index (χ0v) is 9.59. The largest absolute Gasteiger partial charge is 0.494 e. The lowest BCUT2D eigenvalue weighted by Gasteiger charge is -2.10.